The first kappa shape index (κ1) is 17.3. The van der Waals surface area contributed by atoms with E-state index < -0.39 is 0 Å². The highest BCUT2D eigenvalue weighted by Crippen LogP contribution is 2.55. The third-order valence-electron chi connectivity index (χ3n) is 5.88. The smallest absolute Gasteiger partial charge is 0.233 e. The molecule has 4 aliphatic carbocycles. The molecule has 5 nitrogen and oxygen atoms in total. The first-order valence-electron chi connectivity index (χ1n) is 9.22. The monoisotopic (exact) mass is 378 g/mol. The maximum atomic E-state index is 12.8. The van der Waals surface area contributed by atoms with Crippen molar-refractivity contribution < 1.29 is 4.79 Å². The number of carbonyl (C=O) groups excluding carboxylic acids is 1. The number of nitrogens with one attached hydrogen (secondary N) is 2. The van der Waals surface area contributed by atoms with Crippen molar-refractivity contribution in [2.24, 2.45) is 17.8 Å². The summed E-state index contributed by atoms with van der Waals surface area (Å²) < 4.78 is 0.833. The van der Waals surface area contributed by atoms with Crippen LogP contribution in [0.5, 0.6) is 0 Å². The van der Waals surface area contributed by atoms with E-state index in [0.29, 0.717) is 6.54 Å². The molecule has 4 saturated carbocycles. The molecule has 4 bridgehead atoms. The lowest BCUT2D eigenvalue weighted by atomic mass is 9.53. The quantitative estimate of drug-likeness (QED) is 0.559. The number of nitrogens with zero attached hydrogens (tertiary/aromatic N) is 2. The molecule has 4 aliphatic rings. The van der Waals surface area contributed by atoms with Gasteiger partial charge in [0.05, 0.1) is 5.25 Å². The topological polar surface area (TPSA) is 66.9 Å². The summed E-state index contributed by atoms with van der Waals surface area (Å²) in [6.07, 6.45) is 9.54. The number of anilines is 1. The van der Waals surface area contributed by atoms with Gasteiger partial charge in [-0.05, 0) is 63.2 Å². The molecule has 0 saturated heterocycles. The lowest BCUT2D eigenvalue weighted by Crippen LogP contribution is -2.60. The first-order valence-corrected chi connectivity index (χ1v) is 10.9. The fraction of sp³-hybridized carbons (Fsp3) is 0.722. The summed E-state index contributed by atoms with van der Waals surface area (Å²) in [7, 11) is 0. The molecule has 0 aliphatic heterocycles. The van der Waals surface area contributed by atoms with Gasteiger partial charge >= 0.3 is 0 Å². The van der Waals surface area contributed by atoms with Crippen LogP contribution < -0.4 is 10.6 Å². The lowest BCUT2D eigenvalue weighted by molar-refractivity contribution is -0.126. The molecule has 1 atom stereocenters. The van der Waals surface area contributed by atoms with Crippen molar-refractivity contribution in [3.63, 3.8) is 0 Å². The molecule has 1 amide bonds. The van der Waals surface area contributed by atoms with Crippen molar-refractivity contribution in [3.8, 4) is 0 Å². The van der Waals surface area contributed by atoms with Gasteiger partial charge in [-0.25, -0.2) is 0 Å². The van der Waals surface area contributed by atoms with Crippen LogP contribution >= 0.6 is 23.1 Å². The Morgan fingerprint density at radius 1 is 1.32 bits per heavy atom. The van der Waals surface area contributed by atoms with Crippen LogP contribution in [0, 0.1) is 17.8 Å². The number of hydrogen-bond acceptors (Lipinski definition) is 6. The van der Waals surface area contributed by atoms with Crippen LogP contribution in [0.15, 0.2) is 17.0 Å². The van der Waals surface area contributed by atoms with E-state index in [0.717, 1.165) is 27.2 Å². The standard InChI is InChI=1S/C18H26N4OS2/c1-3-4-19-16-21-22-17(25-16)24-11(2)15(23)20-18-8-12-5-13(9-18)7-14(6-12)10-18/h3,11-14H,1,4-10H2,2H3,(H,19,21)(H,20,23)/t11-,12?,13?,14?,18?/m1/s1. The zero-order chi connectivity index (χ0) is 17.4. The van der Waals surface area contributed by atoms with E-state index in [-0.39, 0.29) is 16.7 Å². The largest absolute Gasteiger partial charge is 0.357 e. The van der Waals surface area contributed by atoms with Crippen LogP contribution in [-0.2, 0) is 4.79 Å². The van der Waals surface area contributed by atoms with E-state index in [9.17, 15) is 4.79 Å². The number of thioether (sulfide) groups is 1. The van der Waals surface area contributed by atoms with Gasteiger partial charge in [0.15, 0.2) is 4.34 Å². The van der Waals surface area contributed by atoms with Gasteiger partial charge in [0.1, 0.15) is 0 Å². The Hall–Kier alpha value is -1.08. The predicted molar refractivity (Wildman–Crippen MR) is 103 cm³/mol. The number of rotatable bonds is 7. The van der Waals surface area contributed by atoms with Crippen molar-refractivity contribution in [1.29, 1.82) is 0 Å². The van der Waals surface area contributed by atoms with Crippen molar-refractivity contribution in [1.82, 2.24) is 15.5 Å². The zero-order valence-electron chi connectivity index (χ0n) is 14.7. The van der Waals surface area contributed by atoms with Crippen molar-refractivity contribution in [2.75, 3.05) is 11.9 Å². The zero-order valence-corrected chi connectivity index (χ0v) is 16.3. The average Bonchev–Trinajstić information content (AvgIpc) is 2.98. The Kier molecular flexibility index (Phi) is 4.79. The van der Waals surface area contributed by atoms with Gasteiger partial charge < -0.3 is 10.6 Å². The van der Waals surface area contributed by atoms with Crippen LogP contribution in [0.3, 0.4) is 0 Å². The Morgan fingerprint density at radius 2 is 1.96 bits per heavy atom. The van der Waals surface area contributed by atoms with E-state index in [1.54, 1.807) is 6.08 Å². The number of hydrogen-bond donors (Lipinski definition) is 2. The molecule has 1 aromatic heterocycles. The summed E-state index contributed by atoms with van der Waals surface area (Å²) in [5.74, 6) is 2.69. The maximum Gasteiger partial charge on any atom is 0.233 e. The van der Waals surface area contributed by atoms with E-state index in [4.69, 9.17) is 0 Å². The highest BCUT2D eigenvalue weighted by atomic mass is 32.2. The van der Waals surface area contributed by atoms with Gasteiger partial charge in [-0.2, -0.15) is 0 Å². The highest BCUT2D eigenvalue weighted by molar-refractivity contribution is 8.02. The summed E-state index contributed by atoms with van der Waals surface area (Å²) in [5, 5.41) is 15.5. The minimum atomic E-state index is -0.145. The second-order valence-corrected chi connectivity index (χ2v) is 10.6. The second kappa shape index (κ2) is 6.91. The van der Waals surface area contributed by atoms with Crippen LogP contribution in [0.1, 0.15) is 45.4 Å². The lowest BCUT2D eigenvalue weighted by Gasteiger charge is -2.57. The Balaban J connectivity index is 1.35. The average molecular weight is 379 g/mol. The number of aromatic nitrogens is 2. The molecular formula is C18H26N4OS2. The van der Waals surface area contributed by atoms with E-state index >= 15 is 0 Å². The summed E-state index contributed by atoms with van der Waals surface area (Å²) in [5.41, 5.74) is 0.0818. The number of carbonyl (C=O) groups is 1. The third-order valence-corrected chi connectivity index (χ3v) is 7.94. The second-order valence-electron chi connectivity index (χ2n) is 7.99. The molecule has 0 unspecified atom stereocenters. The molecule has 1 heterocycles. The van der Waals surface area contributed by atoms with Crippen LogP contribution in [-0.4, -0.2) is 33.4 Å². The molecule has 4 fully saturated rings. The van der Waals surface area contributed by atoms with Crippen molar-refractivity contribution >= 4 is 34.1 Å². The van der Waals surface area contributed by atoms with Crippen LogP contribution in [0.25, 0.3) is 0 Å². The summed E-state index contributed by atoms with van der Waals surface area (Å²) in [6.45, 7) is 6.32. The van der Waals surface area contributed by atoms with Gasteiger partial charge in [-0.15, -0.1) is 16.8 Å². The molecule has 0 spiro atoms. The fourth-order valence-electron chi connectivity index (χ4n) is 5.32. The number of amides is 1. The van der Waals surface area contributed by atoms with Crippen LogP contribution in [0.4, 0.5) is 5.13 Å². The van der Waals surface area contributed by atoms with Crippen molar-refractivity contribution in [2.45, 2.75) is 60.6 Å². The van der Waals surface area contributed by atoms with Gasteiger partial charge in [0.2, 0.25) is 11.0 Å². The minimum Gasteiger partial charge on any atom is -0.357 e. The molecule has 0 aromatic carbocycles. The van der Waals surface area contributed by atoms with Crippen LogP contribution in [0.2, 0.25) is 0 Å². The van der Waals surface area contributed by atoms with E-state index in [1.165, 1.54) is 61.6 Å². The Morgan fingerprint density at radius 3 is 2.56 bits per heavy atom. The highest BCUT2D eigenvalue weighted by Gasteiger charge is 2.51. The van der Waals surface area contributed by atoms with E-state index in [2.05, 4.69) is 27.4 Å². The van der Waals surface area contributed by atoms with Crippen molar-refractivity contribution in [3.05, 3.63) is 12.7 Å². The van der Waals surface area contributed by atoms with Gasteiger partial charge in [0.25, 0.3) is 0 Å². The normalized spacial score (nSPS) is 33.9. The van der Waals surface area contributed by atoms with E-state index in [1.807, 2.05) is 6.92 Å². The van der Waals surface area contributed by atoms with Gasteiger partial charge in [0, 0.05) is 12.1 Å². The SMILES string of the molecule is C=CCNc1nnc(S[C@H](C)C(=O)NC23CC4CC(CC(C4)C2)C3)s1. The summed E-state index contributed by atoms with van der Waals surface area (Å²) in [4.78, 5) is 12.8. The molecule has 0 radical (unpaired) electrons. The molecule has 25 heavy (non-hydrogen) atoms. The van der Waals surface area contributed by atoms with Gasteiger partial charge in [-0.3, -0.25) is 4.79 Å². The molecule has 136 valence electrons. The molecule has 7 heteroatoms. The molecule has 2 N–H and O–H groups in total. The Bertz CT molecular complexity index is 624. The first-order chi connectivity index (χ1) is 12.0. The summed E-state index contributed by atoms with van der Waals surface area (Å²) >= 11 is 2.99. The predicted octanol–water partition coefficient (Wildman–Crippen LogP) is 3.70. The fourth-order valence-corrected chi connectivity index (χ4v) is 7.22. The Labute approximate surface area is 157 Å². The summed E-state index contributed by atoms with van der Waals surface area (Å²) in [6, 6.07) is 0. The molecular weight excluding hydrogens is 352 g/mol. The maximum absolute atomic E-state index is 12.8. The molecule has 1 aromatic rings. The third kappa shape index (κ3) is 3.72. The van der Waals surface area contributed by atoms with Gasteiger partial charge in [-0.1, -0.05) is 29.2 Å². The molecule has 5 rings (SSSR count). The minimum absolute atomic E-state index is 0.0818.